The summed E-state index contributed by atoms with van der Waals surface area (Å²) in [5.41, 5.74) is 7.48. The van der Waals surface area contributed by atoms with Crippen LogP contribution >= 0.6 is 11.8 Å². The standard InChI is InChI=1S/C14H21FN2S/c1-14(2)10-17(3-4-18-14)9-12-5-11(8-16)6-13(15)7-12/h5-7H,3-4,8-10,16H2,1-2H3. The zero-order chi connectivity index (χ0) is 13.2. The molecule has 100 valence electrons. The molecule has 1 aromatic carbocycles. The summed E-state index contributed by atoms with van der Waals surface area (Å²) in [5, 5.41) is 0. The highest BCUT2D eigenvalue weighted by atomic mass is 32.2. The molecule has 0 amide bonds. The molecule has 1 aliphatic rings. The van der Waals surface area contributed by atoms with Crippen molar-refractivity contribution in [2.24, 2.45) is 5.73 Å². The van der Waals surface area contributed by atoms with Gasteiger partial charge in [-0.3, -0.25) is 4.90 Å². The summed E-state index contributed by atoms with van der Waals surface area (Å²) in [5.74, 6) is 0.963. The number of benzene rings is 1. The molecule has 0 aromatic heterocycles. The lowest BCUT2D eigenvalue weighted by Gasteiger charge is -2.37. The van der Waals surface area contributed by atoms with Gasteiger partial charge in [-0.05, 0) is 37.1 Å². The van der Waals surface area contributed by atoms with Crippen LogP contribution in [-0.2, 0) is 13.1 Å². The Hall–Kier alpha value is -0.580. The molecule has 0 radical (unpaired) electrons. The van der Waals surface area contributed by atoms with Gasteiger partial charge in [0.1, 0.15) is 5.82 Å². The highest BCUT2D eigenvalue weighted by molar-refractivity contribution is 8.00. The molecule has 1 fully saturated rings. The van der Waals surface area contributed by atoms with E-state index < -0.39 is 0 Å². The minimum Gasteiger partial charge on any atom is -0.326 e. The first-order chi connectivity index (χ1) is 8.48. The number of nitrogens with zero attached hydrogens (tertiary/aromatic N) is 1. The summed E-state index contributed by atoms with van der Waals surface area (Å²) in [6.45, 7) is 7.86. The highest BCUT2D eigenvalue weighted by Gasteiger charge is 2.26. The smallest absolute Gasteiger partial charge is 0.123 e. The van der Waals surface area contributed by atoms with E-state index >= 15 is 0 Å². The van der Waals surface area contributed by atoms with E-state index in [-0.39, 0.29) is 5.82 Å². The van der Waals surface area contributed by atoms with E-state index in [0.29, 0.717) is 11.3 Å². The number of rotatable bonds is 3. The fourth-order valence-electron chi connectivity index (χ4n) is 2.43. The predicted octanol–water partition coefficient (Wildman–Crippen LogP) is 2.61. The van der Waals surface area contributed by atoms with Crippen LogP contribution in [0.3, 0.4) is 0 Å². The molecule has 2 rings (SSSR count). The molecule has 4 heteroatoms. The lowest BCUT2D eigenvalue weighted by molar-refractivity contribution is 0.252. The summed E-state index contributed by atoms with van der Waals surface area (Å²) in [6, 6.07) is 5.14. The van der Waals surface area contributed by atoms with Gasteiger partial charge in [0.2, 0.25) is 0 Å². The van der Waals surface area contributed by atoms with Crippen LogP contribution < -0.4 is 5.73 Å². The molecule has 2 N–H and O–H groups in total. The minimum atomic E-state index is -0.182. The van der Waals surface area contributed by atoms with E-state index in [9.17, 15) is 4.39 Å². The van der Waals surface area contributed by atoms with Crippen LogP contribution in [0, 0.1) is 5.82 Å². The predicted molar refractivity (Wildman–Crippen MR) is 76.1 cm³/mol. The monoisotopic (exact) mass is 268 g/mol. The third-order valence-electron chi connectivity index (χ3n) is 3.16. The molecular formula is C14H21FN2S. The van der Waals surface area contributed by atoms with Crippen molar-refractivity contribution in [1.82, 2.24) is 4.90 Å². The van der Waals surface area contributed by atoms with E-state index in [2.05, 4.69) is 18.7 Å². The molecule has 0 aliphatic carbocycles. The molecule has 2 nitrogen and oxygen atoms in total. The van der Waals surface area contributed by atoms with Gasteiger partial charge in [0, 0.05) is 36.7 Å². The van der Waals surface area contributed by atoms with Crippen LogP contribution in [0.4, 0.5) is 4.39 Å². The molecule has 0 bridgehead atoms. The highest BCUT2D eigenvalue weighted by Crippen LogP contribution is 2.30. The van der Waals surface area contributed by atoms with Crippen LogP contribution in [0.1, 0.15) is 25.0 Å². The molecule has 0 atom stereocenters. The van der Waals surface area contributed by atoms with Gasteiger partial charge < -0.3 is 5.73 Å². The van der Waals surface area contributed by atoms with Crippen molar-refractivity contribution in [2.45, 2.75) is 31.7 Å². The van der Waals surface area contributed by atoms with Gasteiger partial charge in [0.15, 0.2) is 0 Å². The van der Waals surface area contributed by atoms with Crippen LogP contribution in [0.15, 0.2) is 18.2 Å². The van der Waals surface area contributed by atoms with Crippen molar-refractivity contribution >= 4 is 11.8 Å². The number of halogens is 1. The molecule has 1 heterocycles. The SMILES string of the molecule is CC1(C)CN(Cc2cc(F)cc(CN)c2)CCS1. The lowest BCUT2D eigenvalue weighted by Crippen LogP contribution is -2.42. The molecule has 0 unspecified atom stereocenters. The summed E-state index contributed by atoms with van der Waals surface area (Å²) >= 11 is 2.01. The van der Waals surface area contributed by atoms with Crippen LogP contribution in [-0.4, -0.2) is 28.5 Å². The van der Waals surface area contributed by atoms with Gasteiger partial charge in [-0.15, -0.1) is 0 Å². The third-order valence-corrected chi connectivity index (χ3v) is 4.46. The maximum atomic E-state index is 13.4. The Morgan fingerprint density at radius 3 is 2.72 bits per heavy atom. The van der Waals surface area contributed by atoms with Crippen molar-refractivity contribution in [2.75, 3.05) is 18.8 Å². The Balaban J connectivity index is 2.07. The third kappa shape index (κ3) is 3.70. The van der Waals surface area contributed by atoms with Gasteiger partial charge >= 0.3 is 0 Å². The van der Waals surface area contributed by atoms with Crippen LogP contribution in [0.25, 0.3) is 0 Å². The fourth-order valence-corrected chi connectivity index (χ4v) is 3.61. The van der Waals surface area contributed by atoms with Gasteiger partial charge in [0.25, 0.3) is 0 Å². The van der Waals surface area contributed by atoms with E-state index in [1.165, 1.54) is 6.07 Å². The van der Waals surface area contributed by atoms with E-state index in [4.69, 9.17) is 5.73 Å². The average Bonchev–Trinajstić information content (AvgIpc) is 2.26. The maximum absolute atomic E-state index is 13.4. The first kappa shape index (κ1) is 13.8. The van der Waals surface area contributed by atoms with Crippen molar-refractivity contribution in [3.63, 3.8) is 0 Å². The largest absolute Gasteiger partial charge is 0.326 e. The van der Waals surface area contributed by atoms with Crippen molar-refractivity contribution < 1.29 is 4.39 Å². The topological polar surface area (TPSA) is 29.3 Å². The van der Waals surface area contributed by atoms with Gasteiger partial charge in [-0.25, -0.2) is 4.39 Å². The summed E-state index contributed by atoms with van der Waals surface area (Å²) < 4.78 is 13.7. The quantitative estimate of drug-likeness (QED) is 0.913. The Labute approximate surface area is 113 Å². The van der Waals surface area contributed by atoms with Gasteiger partial charge in [0.05, 0.1) is 0 Å². The Bertz CT molecular complexity index is 420. The summed E-state index contributed by atoms with van der Waals surface area (Å²) in [4.78, 5) is 2.39. The Kier molecular flexibility index (Phi) is 4.30. The molecule has 0 spiro atoms. The zero-order valence-electron chi connectivity index (χ0n) is 11.1. The number of hydrogen-bond donors (Lipinski definition) is 1. The first-order valence-corrected chi connectivity index (χ1v) is 7.32. The first-order valence-electron chi connectivity index (χ1n) is 6.33. The molecule has 1 aliphatic heterocycles. The van der Waals surface area contributed by atoms with E-state index in [1.54, 1.807) is 6.07 Å². The van der Waals surface area contributed by atoms with Crippen molar-refractivity contribution in [1.29, 1.82) is 0 Å². The number of thioether (sulfide) groups is 1. The second-order valence-corrected chi connectivity index (χ2v) is 7.29. The van der Waals surface area contributed by atoms with E-state index in [1.807, 2.05) is 17.8 Å². The zero-order valence-corrected chi connectivity index (χ0v) is 11.9. The fraction of sp³-hybridized carbons (Fsp3) is 0.571. The average molecular weight is 268 g/mol. The maximum Gasteiger partial charge on any atom is 0.123 e. The Morgan fingerprint density at radius 2 is 2.06 bits per heavy atom. The lowest BCUT2D eigenvalue weighted by atomic mass is 10.1. The van der Waals surface area contributed by atoms with Crippen LogP contribution in [0.2, 0.25) is 0 Å². The van der Waals surface area contributed by atoms with Crippen molar-refractivity contribution in [3.05, 3.63) is 35.1 Å². The van der Waals surface area contributed by atoms with Crippen LogP contribution in [0.5, 0.6) is 0 Å². The number of hydrogen-bond acceptors (Lipinski definition) is 3. The molecule has 1 aromatic rings. The second-order valence-electron chi connectivity index (χ2n) is 5.49. The molecule has 1 saturated heterocycles. The Morgan fingerprint density at radius 1 is 1.33 bits per heavy atom. The normalized spacial score (nSPS) is 20.0. The summed E-state index contributed by atoms with van der Waals surface area (Å²) in [6.07, 6.45) is 0. The summed E-state index contributed by atoms with van der Waals surface area (Å²) in [7, 11) is 0. The second kappa shape index (κ2) is 5.59. The van der Waals surface area contributed by atoms with Crippen molar-refractivity contribution in [3.8, 4) is 0 Å². The molecule has 18 heavy (non-hydrogen) atoms. The van der Waals surface area contributed by atoms with E-state index in [0.717, 1.165) is 36.5 Å². The number of nitrogens with two attached hydrogens (primary N) is 1. The molecular weight excluding hydrogens is 247 g/mol. The minimum absolute atomic E-state index is 0.182. The van der Waals surface area contributed by atoms with Gasteiger partial charge in [-0.1, -0.05) is 6.07 Å². The molecule has 0 saturated carbocycles. The van der Waals surface area contributed by atoms with Gasteiger partial charge in [-0.2, -0.15) is 11.8 Å².